The van der Waals surface area contributed by atoms with Crippen LogP contribution < -0.4 is 0 Å². The summed E-state index contributed by atoms with van der Waals surface area (Å²) in [6.07, 6.45) is -4.07. The second-order valence-electron chi connectivity index (χ2n) is 6.02. The van der Waals surface area contributed by atoms with Gasteiger partial charge >= 0.3 is 6.18 Å². The quantitative estimate of drug-likeness (QED) is 0.616. The molecule has 1 aromatic rings. The lowest BCUT2D eigenvalue weighted by Gasteiger charge is -2.34. The molecule has 0 fully saturated rings. The molecule has 1 unspecified atom stereocenters. The van der Waals surface area contributed by atoms with Crippen molar-refractivity contribution >= 4 is 8.07 Å². The van der Waals surface area contributed by atoms with Crippen LogP contribution in [-0.4, -0.2) is 25.5 Å². The Morgan fingerprint density at radius 2 is 1.61 bits per heavy atom. The summed E-state index contributed by atoms with van der Waals surface area (Å²) >= 11 is 0. The van der Waals surface area contributed by atoms with Crippen molar-refractivity contribution in [2.24, 2.45) is 0 Å². The molecule has 0 amide bonds. The van der Waals surface area contributed by atoms with Gasteiger partial charge in [-0.05, 0) is 23.6 Å². The molecule has 23 heavy (non-hydrogen) atoms. The molecule has 0 aromatic heterocycles. The van der Waals surface area contributed by atoms with Gasteiger partial charge in [-0.2, -0.15) is 13.2 Å². The van der Waals surface area contributed by atoms with Gasteiger partial charge in [0.2, 0.25) is 0 Å². The number of benzene rings is 1. The van der Waals surface area contributed by atoms with Crippen LogP contribution in [0.3, 0.4) is 0 Å². The number of hydrogen-bond acceptors (Lipinski definition) is 1. The van der Waals surface area contributed by atoms with E-state index in [1.165, 1.54) is 0 Å². The lowest BCUT2D eigenvalue weighted by Crippen LogP contribution is -2.41. The zero-order chi connectivity index (χ0) is 17.5. The average Bonchev–Trinajstić information content (AvgIpc) is 2.53. The van der Waals surface area contributed by atoms with Crippen LogP contribution in [0.15, 0.2) is 41.6 Å². The van der Waals surface area contributed by atoms with E-state index in [1.807, 2.05) is 51.1 Å². The van der Waals surface area contributed by atoms with Gasteiger partial charge < -0.3 is 5.11 Å². The van der Waals surface area contributed by atoms with E-state index in [1.54, 1.807) is 0 Å². The summed E-state index contributed by atoms with van der Waals surface area (Å²) in [5, 5.41) is 10.8. The molecular formula is C18H27F3OSi. The molecule has 0 aliphatic heterocycles. The molecule has 0 spiro atoms. The van der Waals surface area contributed by atoms with Crippen LogP contribution in [0, 0.1) is 0 Å². The number of hydrogen-bond donors (Lipinski definition) is 1. The second-order valence-corrected chi connectivity index (χ2v) is 11.3. The highest BCUT2D eigenvalue weighted by molar-refractivity contribution is 6.86. The average molecular weight is 344 g/mol. The van der Waals surface area contributed by atoms with Gasteiger partial charge in [-0.15, -0.1) is 0 Å². The second kappa shape index (κ2) is 8.69. The van der Waals surface area contributed by atoms with Crippen molar-refractivity contribution in [1.82, 2.24) is 0 Å². The van der Waals surface area contributed by atoms with Crippen LogP contribution in [0.5, 0.6) is 0 Å². The Bertz CT molecular complexity index is 484. The Hall–Kier alpha value is -1.07. The normalized spacial score (nSPS) is 14.8. The minimum absolute atomic E-state index is 0.272. The highest BCUT2D eigenvalue weighted by Gasteiger charge is 2.38. The fourth-order valence-electron chi connectivity index (χ4n) is 3.24. The monoisotopic (exact) mass is 344 g/mol. The summed E-state index contributed by atoms with van der Waals surface area (Å²) in [4.78, 5) is 0. The van der Waals surface area contributed by atoms with Crippen LogP contribution in [0.1, 0.15) is 32.8 Å². The van der Waals surface area contributed by atoms with E-state index in [4.69, 9.17) is 0 Å². The molecule has 0 saturated carbocycles. The highest BCUT2D eigenvalue weighted by atomic mass is 28.3. The lowest BCUT2D eigenvalue weighted by molar-refractivity contribution is -0.0810. The Morgan fingerprint density at radius 3 is 2.04 bits per heavy atom. The van der Waals surface area contributed by atoms with Gasteiger partial charge in [0.15, 0.2) is 0 Å². The zero-order valence-corrected chi connectivity index (χ0v) is 15.2. The third-order valence-electron chi connectivity index (χ3n) is 4.87. The summed E-state index contributed by atoms with van der Waals surface area (Å²) in [6, 6.07) is 11.7. The van der Waals surface area contributed by atoms with Crippen LogP contribution in [0.2, 0.25) is 18.1 Å². The topological polar surface area (TPSA) is 20.2 Å². The molecule has 0 bridgehead atoms. The van der Waals surface area contributed by atoms with E-state index in [2.05, 4.69) is 0 Å². The molecule has 1 rings (SSSR count). The third kappa shape index (κ3) is 5.81. The maximum Gasteiger partial charge on any atom is 0.409 e. The zero-order valence-electron chi connectivity index (χ0n) is 14.2. The van der Waals surface area contributed by atoms with E-state index in [-0.39, 0.29) is 5.20 Å². The Kier molecular flexibility index (Phi) is 7.54. The smallest absolute Gasteiger partial charge is 0.389 e. The molecular weight excluding hydrogens is 317 g/mol. The standard InChI is InChI=1S/C18H27F3OSi/c1-4-23(5-2,6-3)17(14-18(19,20)21)16(22)13-12-15-10-8-7-9-11-15/h7-11,14,16,22H,4-6,12-13H2,1-3H3/b17-14+. The lowest BCUT2D eigenvalue weighted by atomic mass is 10.1. The molecule has 0 aliphatic carbocycles. The van der Waals surface area contributed by atoms with E-state index in [0.29, 0.717) is 18.9 Å². The number of allylic oxidation sites excluding steroid dienone is 1. The number of aliphatic hydroxyl groups excluding tert-OH is 1. The fourth-order valence-corrected chi connectivity index (χ4v) is 7.29. The van der Waals surface area contributed by atoms with Crippen molar-refractivity contribution in [2.75, 3.05) is 0 Å². The van der Waals surface area contributed by atoms with Crippen molar-refractivity contribution in [2.45, 2.75) is 64.0 Å². The number of halogens is 3. The first-order valence-corrected chi connectivity index (χ1v) is 10.9. The summed E-state index contributed by atoms with van der Waals surface area (Å²) in [5.41, 5.74) is 1.04. The SMILES string of the molecule is CC[Si](CC)(CC)/C(=C/C(F)(F)F)C(O)CCc1ccccc1. The Balaban J connectivity index is 3.02. The van der Waals surface area contributed by atoms with Gasteiger partial charge in [0.05, 0.1) is 14.2 Å². The van der Waals surface area contributed by atoms with Gasteiger partial charge in [0, 0.05) is 6.08 Å². The third-order valence-corrected chi connectivity index (χ3v) is 10.6. The van der Waals surface area contributed by atoms with E-state index in [0.717, 1.165) is 23.7 Å². The number of rotatable bonds is 8. The van der Waals surface area contributed by atoms with Crippen LogP contribution in [0.25, 0.3) is 0 Å². The molecule has 0 saturated heterocycles. The van der Waals surface area contributed by atoms with Crippen molar-refractivity contribution in [3.05, 3.63) is 47.2 Å². The minimum atomic E-state index is -4.37. The van der Waals surface area contributed by atoms with Crippen molar-refractivity contribution < 1.29 is 18.3 Å². The minimum Gasteiger partial charge on any atom is -0.389 e. The predicted octanol–water partition coefficient (Wildman–Crippen LogP) is 5.52. The van der Waals surface area contributed by atoms with Crippen LogP contribution >= 0.6 is 0 Å². The number of alkyl halides is 3. The molecule has 1 aromatic carbocycles. The summed E-state index contributed by atoms with van der Waals surface area (Å²) in [6.45, 7) is 5.86. The summed E-state index contributed by atoms with van der Waals surface area (Å²) in [5.74, 6) is 0. The van der Waals surface area contributed by atoms with E-state index >= 15 is 0 Å². The molecule has 0 radical (unpaired) electrons. The Labute approximate surface area is 138 Å². The van der Waals surface area contributed by atoms with E-state index < -0.39 is 20.4 Å². The number of aliphatic hydroxyl groups is 1. The van der Waals surface area contributed by atoms with Gasteiger partial charge in [0.25, 0.3) is 0 Å². The Morgan fingerprint density at radius 1 is 1.09 bits per heavy atom. The maximum atomic E-state index is 13.0. The molecule has 5 heteroatoms. The summed E-state index contributed by atoms with van der Waals surface area (Å²) in [7, 11) is -2.27. The summed E-state index contributed by atoms with van der Waals surface area (Å²) < 4.78 is 39.0. The fraction of sp³-hybridized carbons (Fsp3) is 0.556. The largest absolute Gasteiger partial charge is 0.409 e. The first kappa shape index (κ1) is 20.0. The van der Waals surface area contributed by atoms with Crippen molar-refractivity contribution in [1.29, 1.82) is 0 Å². The maximum absolute atomic E-state index is 13.0. The molecule has 0 heterocycles. The highest BCUT2D eigenvalue weighted by Crippen LogP contribution is 2.35. The van der Waals surface area contributed by atoms with Crippen molar-refractivity contribution in [3.8, 4) is 0 Å². The number of aryl methyl sites for hydroxylation is 1. The van der Waals surface area contributed by atoms with Gasteiger partial charge in [-0.3, -0.25) is 0 Å². The molecule has 130 valence electrons. The van der Waals surface area contributed by atoms with E-state index in [9.17, 15) is 18.3 Å². The molecule has 1 atom stereocenters. The van der Waals surface area contributed by atoms with Crippen molar-refractivity contribution in [3.63, 3.8) is 0 Å². The predicted molar refractivity (Wildman–Crippen MR) is 92.1 cm³/mol. The van der Waals surface area contributed by atoms with Crippen LogP contribution in [0.4, 0.5) is 13.2 Å². The first-order chi connectivity index (χ1) is 10.8. The molecule has 1 nitrogen and oxygen atoms in total. The molecule has 1 N–H and O–H groups in total. The van der Waals surface area contributed by atoms with Crippen LogP contribution in [-0.2, 0) is 6.42 Å². The van der Waals surface area contributed by atoms with Gasteiger partial charge in [-0.1, -0.05) is 69.2 Å². The van der Waals surface area contributed by atoms with Gasteiger partial charge in [0.1, 0.15) is 0 Å². The first-order valence-electron chi connectivity index (χ1n) is 8.30. The molecule has 0 aliphatic rings. The van der Waals surface area contributed by atoms with Gasteiger partial charge in [-0.25, -0.2) is 0 Å².